The van der Waals surface area contributed by atoms with Gasteiger partial charge in [0.1, 0.15) is 0 Å². The van der Waals surface area contributed by atoms with Gasteiger partial charge in [-0.2, -0.15) is 11.8 Å². The topological polar surface area (TPSA) is 74.6 Å². The van der Waals surface area contributed by atoms with Gasteiger partial charge in [-0.1, -0.05) is 167 Å². The van der Waals surface area contributed by atoms with Crippen molar-refractivity contribution in [3.8, 4) is 0 Å². The Balaban J connectivity index is 4.19. The van der Waals surface area contributed by atoms with Crippen LogP contribution in [0.3, 0.4) is 0 Å². The number of rotatable bonds is 38. The first kappa shape index (κ1) is 45.8. The fourth-order valence-electron chi connectivity index (χ4n) is 6.39. The van der Waals surface area contributed by atoms with Crippen molar-refractivity contribution in [1.82, 2.24) is 0 Å². The molecule has 5 heteroatoms. The minimum atomic E-state index is -0.806. The van der Waals surface area contributed by atoms with Crippen LogP contribution in [0.2, 0.25) is 0 Å². The van der Waals surface area contributed by atoms with Crippen molar-refractivity contribution >= 4 is 23.7 Å². The first-order valence-corrected chi connectivity index (χ1v) is 21.5. The van der Waals surface area contributed by atoms with Crippen LogP contribution < -0.4 is 0 Å². The predicted octanol–water partition coefficient (Wildman–Crippen LogP) is 14.1. The molecule has 0 unspecified atom stereocenters. The molecule has 0 saturated carbocycles. The highest BCUT2D eigenvalue weighted by molar-refractivity contribution is 7.99. The zero-order valence-corrected chi connectivity index (χ0v) is 32.1. The lowest BCUT2D eigenvalue weighted by atomic mass is 9.79. The monoisotopic (exact) mass is 679 g/mol. The van der Waals surface area contributed by atoms with E-state index >= 15 is 0 Å². The molecule has 276 valence electrons. The second-order valence-electron chi connectivity index (χ2n) is 14.2. The van der Waals surface area contributed by atoms with E-state index in [9.17, 15) is 14.7 Å². The highest BCUT2D eigenvalue weighted by Crippen LogP contribution is 2.36. The summed E-state index contributed by atoms with van der Waals surface area (Å²) in [4.78, 5) is 23.6. The van der Waals surface area contributed by atoms with Gasteiger partial charge in [-0.25, -0.2) is 0 Å². The maximum atomic E-state index is 12.6. The molecule has 0 atom stereocenters. The van der Waals surface area contributed by atoms with Gasteiger partial charge in [0.15, 0.2) is 0 Å². The second-order valence-corrected chi connectivity index (χ2v) is 15.3. The Morgan fingerprint density at radius 3 is 1.13 bits per heavy atom. The lowest BCUT2D eigenvalue weighted by Gasteiger charge is -2.29. The average molecular weight is 679 g/mol. The van der Waals surface area contributed by atoms with Gasteiger partial charge in [-0.05, 0) is 64.2 Å². The van der Waals surface area contributed by atoms with E-state index in [1.165, 1.54) is 166 Å². The van der Waals surface area contributed by atoms with E-state index < -0.39 is 17.4 Å². The number of hydrogen-bond donors (Lipinski definition) is 2. The van der Waals surface area contributed by atoms with Crippen LogP contribution in [0.5, 0.6) is 0 Å². The van der Waals surface area contributed by atoms with Gasteiger partial charge >= 0.3 is 11.9 Å². The largest absolute Gasteiger partial charge is 0.481 e. The van der Waals surface area contributed by atoms with Crippen molar-refractivity contribution in [3.63, 3.8) is 0 Å². The smallest absolute Gasteiger partial charge is 0.310 e. The molecule has 2 N–H and O–H groups in total. The van der Waals surface area contributed by atoms with Crippen molar-refractivity contribution in [2.45, 2.75) is 213 Å². The number of allylic oxidation sites excluding steroid dienone is 4. The standard InChI is InChI=1S/C42H78O4S/c1-3-5-7-9-11-13-15-17-19-21-23-25-27-29-31-33-36-42(41(45)46,39-47-38-35-40(43)44)37-34-32-30-28-26-24-22-20-18-16-14-12-10-8-6-4-2/h17-20H,3-16,21-39H2,1-2H3,(H,43,44)(H,45,46)/b19-17-,20-18-. The van der Waals surface area contributed by atoms with Gasteiger partial charge in [0.25, 0.3) is 0 Å². The van der Waals surface area contributed by atoms with E-state index in [0.717, 1.165) is 25.7 Å². The van der Waals surface area contributed by atoms with Crippen LogP contribution in [0.4, 0.5) is 0 Å². The molecule has 0 aliphatic heterocycles. The molecule has 0 aromatic carbocycles. The summed E-state index contributed by atoms with van der Waals surface area (Å²) >= 11 is 1.52. The molecule has 0 saturated heterocycles. The van der Waals surface area contributed by atoms with E-state index in [2.05, 4.69) is 38.2 Å². The molecule has 0 aliphatic carbocycles. The molecule has 0 aliphatic rings. The highest BCUT2D eigenvalue weighted by Gasteiger charge is 2.37. The summed E-state index contributed by atoms with van der Waals surface area (Å²) in [5, 5.41) is 19.4. The fourth-order valence-corrected chi connectivity index (χ4v) is 7.66. The second kappa shape index (κ2) is 36.1. The summed E-state index contributed by atoms with van der Waals surface area (Å²) in [5.74, 6) is -0.461. The molecule has 0 spiro atoms. The van der Waals surface area contributed by atoms with Crippen LogP contribution >= 0.6 is 11.8 Å². The molecule has 0 heterocycles. The maximum absolute atomic E-state index is 12.6. The van der Waals surface area contributed by atoms with Gasteiger partial charge < -0.3 is 10.2 Å². The Morgan fingerprint density at radius 1 is 0.489 bits per heavy atom. The number of carboxylic acid groups (broad SMARTS) is 2. The Hall–Kier alpha value is -1.23. The van der Waals surface area contributed by atoms with E-state index in [-0.39, 0.29) is 6.42 Å². The molecule has 4 nitrogen and oxygen atoms in total. The molecular formula is C42H78O4S. The van der Waals surface area contributed by atoms with E-state index in [1.807, 2.05) is 0 Å². The molecule has 0 aromatic rings. The summed E-state index contributed by atoms with van der Waals surface area (Å²) in [6, 6.07) is 0. The SMILES string of the molecule is CCCCCCCC/C=C\CCCCCCCCC(CCCCCCCC/C=C\CCCCCCCC)(CSCCC(=O)O)C(=O)O. The molecule has 0 amide bonds. The Kier molecular flexibility index (Phi) is 35.1. The van der Waals surface area contributed by atoms with E-state index in [4.69, 9.17) is 5.11 Å². The van der Waals surface area contributed by atoms with Gasteiger partial charge in [0.2, 0.25) is 0 Å². The minimum absolute atomic E-state index is 0.100. The van der Waals surface area contributed by atoms with Crippen LogP contribution in [-0.4, -0.2) is 33.7 Å². The fraction of sp³-hybridized carbons (Fsp3) is 0.857. The minimum Gasteiger partial charge on any atom is -0.481 e. The third kappa shape index (κ3) is 31.8. The molecule has 0 rings (SSSR count). The number of carbonyl (C=O) groups is 2. The molecule has 0 bridgehead atoms. The summed E-state index contributed by atoms with van der Waals surface area (Å²) in [6.07, 6.45) is 46.1. The van der Waals surface area contributed by atoms with Crippen LogP contribution in [0, 0.1) is 5.41 Å². The van der Waals surface area contributed by atoms with Crippen molar-refractivity contribution in [3.05, 3.63) is 24.3 Å². The van der Waals surface area contributed by atoms with Gasteiger partial charge in [-0.15, -0.1) is 0 Å². The highest BCUT2D eigenvalue weighted by atomic mass is 32.2. The predicted molar refractivity (Wildman–Crippen MR) is 208 cm³/mol. The maximum Gasteiger partial charge on any atom is 0.310 e. The number of aliphatic carboxylic acids is 2. The Bertz CT molecular complexity index is 705. The summed E-state index contributed by atoms with van der Waals surface area (Å²) in [7, 11) is 0. The normalized spacial score (nSPS) is 12.1. The van der Waals surface area contributed by atoms with Crippen molar-refractivity contribution in [2.75, 3.05) is 11.5 Å². The van der Waals surface area contributed by atoms with Crippen molar-refractivity contribution < 1.29 is 19.8 Å². The average Bonchev–Trinajstić information content (AvgIpc) is 3.05. The van der Waals surface area contributed by atoms with Crippen molar-refractivity contribution in [1.29, 1.82) is 0 Å². The van der Waals surface area contributed by atoms with Gasteiger partial charge in [0.05, 0.1) is 11.8 Å². The molecule has 0 aromatic heterocycles. The van der Waals surface area contributed by atoms with Crippen LogP contribution in [-0.2, 0) is 9.59 Å². The van der Waals surface area contributed by atoms with E-state index in [1.54, 1.807) is 0 Å². The number of carboxylic acids is 2. The Morgan fingerprint density at radius 2 is 0.809 bits per heavy atom. The molecule has 47 heavy (non-hydrogen) atoms. The molecule has 0 radical (unpaired) electrons. The third-order valence-corrected chi connectivity index (χ3v) is 10.9. The lowest BCUT2D eigenvalue weighted by molar-refractivity contribution is -0.148. The molecular weight excluding hydrogens is 601 g/mol. The summed E-state index contributed by atoms with van der Waals surface area (Å²) in [6.45, 7) is 4.53. The third-order valence-electron chi connectivity index (χ3n) is 9.63. The van der Waals surface area contributed by atoms with Crippen molar-refractivity contribution in [2.24, 2.45) is 5.41 Å². The first-order valence-electron chi connectivity index (χ1n) is 20.3. The van der Waals surface area contributed by atoms with Crippen LogP contribution in [0.15, 0.2) is 24.3 Å². The number of unbranched alkanes of at least 4 members (excludes halogenated alkanes) is 24. The summed E-state index contributed by atoms with van der Waals surface area (Å²) < 4.78 is 0. The van der Waals surface area contributed by atoms with Gasteiger partial charge in [0, 0.05) is 11.5 Å². The zero-order valence-electron chi connectivity index (χ0n) is 31.3. The Labute approximate surface area is 296 Å². The molecule has 0 fully saturated rings. The number of hydrogen-bond acceptors (Lipinski definition) is 3. The number of thioether (sulfide) groups is 1. The van der Waals surface area contributed by atoms with Crippen LogP contribution in [0.1, 0.15) is 213 Å². The lowest BCUT2D eigenvalue weighted by Crippen LogP contribution is -2.34. The first-order chi connectivity index (χ1) is 23.0. The zero-order chi connectivity index (χ0) is 34.5. The van der Waals surface area contributed by atoms with Crippen LogP contribution in [0.25, 0.3) is 0 Å². The summed E-state index contributed by atoms with van der Waals surface area (Å²) in [5.41, 5.74) is -0.717. The van der Waals surface area contributed by atoms with E-state index in [0.29, 0.717) is 24.3 Å². The quantitative estimate of drug-likeness (QED) is 0.0502. The van der Waals surface area contributed by atoms with Gasteiger partial charge in [-0.3, -0.25) is 9.59 Å².